The first-order valence-electron chi connectivity index (χ1n) is 13.5. The number of ketones is 1. The van der Waals surface area contributed by atoms with Crippen molar-refractivity contribution in [2.45, 2.75) is 70.6 Å². The van der Waals surface area contributed by atoms with E-state index in [1.54, 1.807) is 0 Å². The predicted octanol–water partition coefficient (Wildman–Crippen LogP) is 6.45. The van der Waals surface area contributed by atoms with Gasteiger partial charge in [0.05, 0.1) is 0 Å². The first kappa shape index (κ1) is 23.6. The fraction of sp³-hybridized carbons (Fsp3) is 0.364. The lowest BCUT2D eigenvalue weighted by Gasteiger charge is -2.30. The Morgan fingerprint density at radius 1 is 0.914 bits per heavy atom. The average Bonchev–Trinajstić information content (AvgIpc) is 3.19. The summed E-state index contributed by atoms with van der Waals surface area (Å²) in [4.78, 5) is 13.5. The van der Waals surface area contributed by atoms with Gasteiger partial charge in [-0.3, -0.25) is 4.79 Å². The molecule has 0 spiro atoms. The van der Waals surface area contributed by atoms with Crippen LogP contribution in [0, 0.1) is 5.92 Å². The summed E-state index contributed by atoms with van der Waals surface area (Å²) >= 11 is 0. The largest absolute Gasteiger partial charge is 0.364 e. The third-order valence-electron chi connectivity index (χ3n) is 7.80. The molecule has 2 nitrogen and oxygen atoms in total. The molecule has 0 aromatic heterocycles. The molecule has 2 unspecified atom stereocenters. The van der Waals surface area contributed by atoms with Crippen molar-refractivity contribution in [1.29, 1.82) is 0 Å². The van der Waals surface area contributed by atoms with Gasteiger partial charge in [-0.05, 0) is 64.1 Å². The molecule has 0 saturated carbocycles. The molecule has 1 heterocycles. The Morgan fingerprint density at radius 3 is 2.69 bits per heavy atom. The first-order valence-corrected chi connectivity index (χ1v) is 13.5. The lowest BCUT2D eigenvalue weighted by Crippen LogP contribution is -2.39. The molecule has 5 rings (SSSR count). The van der Waals surface area contributed by atoms with Crippen molar-refractivity contribution in [2.75, 3.05) is 0 Å². The number of carbonyl (C=O) groups excluding carboxylic acids is 1. The minimum atomic E-state index is -0.0286. The number of allylic oxidation sites excluding steroid dienone is 5. The number of hydrogen-bond acceptors (Lipinski definition) is 2. The molecule has 2 aliphatic carbocycles. The van der Waals surface area contributed by atoms with Gasteiger partial charge in [-0.15, -0.1) is 0 Å². The summed E-state index contributed by atoms with van der Waals surface area (Å²) in [5.74, 6) is 0.571. The number of nitrogens with one attached hydrogen (secondary N) is 1. The maximum absolute atomic E-state index is 13.5. The second-order valence-corrected chi connectivity index (χ2v) is 10.2. The van der Waals surface area contributed by atoms with Gasteiger partial charge in [0, 0.05) is 30.2 Å². The quantitative estimate of drug-likeness (QED) is 0.433. The predicted molar refractivity (Wildman–Crippen MR) is 147 cm³/mol. The average molecular weight is 464 g/mol. The van der Waals surface area contributed by atoms with Crippen LogP contribution in [-0.2, 0) is 11.2 Å². The van der Waals surface area contributed by atoms with Gasteiger partial charge in [0.1, 0.15) is 5.78 Å². The molecule has 2 heteroatoms. The lowest BCUT2D eigenvalue weighted by atomic mass is 9.76. The molecule has 2 aromatic rings. The van der Waals surface area contributed by atoms with Crippen LogP contribution in [0.2, 0.25) is 0 Å². The molecule has 2 aromatic carbocycles. The molecule has 2 atom stereocenters. The van der Waals surface area contributed by atoms with Crippen LogP contribution in [0.25, 0.3) is 23.3 Å². The Hall–Kier alpha value is -3.13. The highest BCUT2D eigenvalue weighted by Crippen LogP contribution is 2.34. The third-order valence-corrected chi connectivity index (χ3v) is 7.80. The molecule has 0 fully saturated rings. The maximum Gasteiger partial charge on any atom is 0.139 e. The van der Waals surface area contributed by atoms with Crippen molar-refractivity contribution >= 4 is 17.9 Å². The van der Waals surface area contributed by atoms with Crippen LogP contribution in [0.3, 0.4) is 0 Å². The summed E-state index contributed by atoms with van der Waals surface area (Å²) in [5.41, 5.74) is 6.53. The first-order chi connectivity index (χ1) is 17.3. The van der Waals surface area contributed by atoms with Crippen molar-refractivity contribution in [3.05, 3.63) is 94.2 Å². The topological polar surface area (TPSA) is 29.1 Å². The van der Waals surface area contributed by atoms with E-state index in [1.807, 2.05) is 12.3 Å². The van der Waals surface area contributed by atoms with Crippen molar-refractivity contribution in [3.8, 4) is 11.1 Å². The minimum absolute atomic E-state index is 0.0286. The fourth-order valence-corrected chi connectivity index (χ4v) is 5.89. The Labute approximate surface area is 209 Å². The number of rotatable bonds is 9. The Balaban J connectivity index is 1.49. The lowest BCUT2D eigenvalue weighted by molar-refractivity contribution is -0.121. The van der Waals surface area contributed by atoms with Gasteiger partial charge in [-0.1, -0.05) is 99.7 Å². The van der Waals surface area contributed by atoms with E-state index in [2.05, 4.69) is 79.0 Å². The number of fused-ring (bicyclic) bond motifs is 5. The van der Waals surface area contributed by atoms with E-state index in [4.69, 9.17) is 0 Å². The Kier molecular flexibility index (Phi) is 7.47. The highest BCUT2D eigenvalue weighted by molar-refractivity contribution is 5.87. The smallest absolute Gasteiger partial charge is 0.139 e. The molecule has 1 aliphatic heterocycles. The van der Waals surface area contributed by atoms with E-state index < -0.39 is 0 Å². The third kappa shape index (κ3) is 5.12. The zero-order valence-corrected chi connectivity index (χ0v) is 20.9. The minimum Gasteiger partial charge on any atom is -0.364 e. The molecule has 180 valence electrons. The zero-order chi connectivity index (χ0) is 24.0. The standard InChI is InChI=1S/C33H37NO/c1-2-3-4-5-6-9-16-33(35)25-22-30-28-18-17-24-13-10-11-14-26(24)27(28)19-20-29(30)31(23-25)32-15-8-7-12-21-34-32/h7-8,10-15,18-22,25,31,34H,2-6,9,16-17,23H2,1H3. The van der Waals surface area contributed by atoms with E-state index in [-0.39, 0.29) is 11.8 Å². The van der Waals surface area contributed by atoms with Crippen LogP contribution in [0.5, 0.6) is 0 Å². The van der Waals surface area contributed by atoms with Gasteiger partial charge in [0.25, 0.3) is 0 Å². The molecular formula is C33H37NO. The van der Waals surface area contributed by atoms with E-state index in [9.17, 15) is 4.79 Å². The van der Waals surface area contributed by atoms with Gasteiger partial charge in [-0.2, -0.15) is 0 Å². The summed E-state index contributed by atoms with van der Waals surface area (Å²) in [5, 5.41) is 6.08. The second kappa shape index (κ2) is 11.1. The number of carbonyl (C=O) groups is 1. The highest BCUT2D eigenvalue weighted by Gasteiger charge is 2.30. The monoisotopic (exact) mass is 463 g/mol. The van der Waals surface area contributed by atoms with Crippen LogP contribution in [0.15, 0.2) is 72.6 Å². The van der Waals surface area contributed by atoms with Crippen LogP contribution < -0.4 is 15.8 Å². The van der Waals surface area contributed by atoms with Crippen LogP contribution in [0.4, 0.5) is 0 Å². The molecular weight excluding hydrogens is 426 g/mol. The van der Waals surface area contributed by atoms with Crippen LogP contribution >= 0.6 is 0 Å². The van der Waals surface area contributed by atoms with Crippen LogP contribution in [0.1, 0.15) is 75.3 Å². The highest BCUT2D eigenvalue weighted by atomic mass is 16.1. The molecule has 0 saturated heterocycles. The molecule has 1 N–H and O–H groups in total. The number of benzene rings is 2. The molecule has 0 radical (unpaired) electrons. The molecule has 0 bridgehead atoms. The van der Waals surface area contributed by atoms with E-state index >= 15 is 0 Å². The Bertz CT molecular complexity index is 1290. The number of unbranched alkanes of at least 4 members (excludes halogenated alkanes) is 5. The van der Waals surface area contributed by atoms with Crippen molar-refractivity contribution < 1.29 is 4.79 Å². The van der Waals surface area contributed by atoms with Gasteiger partial charge >= 0.3 is 0 Å². The summed E-state index contributed by atoms with van der Waals surface area (Å²) in [6, 6.07) is 13.3. The molecule has 0 amide bonds. The Morgan fingerprint density at radius 2 is 1.77 bits per heavy atom. The maximum atomic E-state index is 13.5. The second-order valence-electron chi connectivity index (χ2n) is 10.2. The normalized spacial score (nSPS) is 19.7. The van der Waals surface area contributed by atoms with E-state index in [0.29, 0.717) is 12.2 Å². The van der Waals surface area contributed by atoms with E-state index in [0.717, 1.165) is 19.3 Å². The van der Waals surface area contributed by atoms with E-state index in [1.165, 1.54) is 70.5 Å². The van der Waals surface area contributed by atoms with Gasteiger partial charge < -0.3 is 5.32 Å². The summed E-state index contributed by atoms with van der Waals surface area (Å²) in [6.07, 6.45) is 24.8. The fourth-order valence-electron chi connectivity index (χ4n) is 5.89. The van der Waals surface area contributed by atoms with Crippen molar-refractivity contribution in [3.63, 3.8) is 0 Å². The van der Waals surface area contributed by atoms with Gasteiger partial charge in [-0.25, -0.2) is 0 Å². The number of Topliss-reactive ketones (excluding diaryl/α,β-unsaturated/α-hetero) is 1. The summed E-state index contributed by atoms with van der Waals surface area (Å²) < 4.78 is 0. The van der Waals surface area contributed by atoms with Crippen molar-refractivity contribution in [1.82, 2.24) is 5.32 Å². The number of hydrogen-bond donors (Lipinski definition) is 1. The van der Waals surface area contributed by atoms with Crippen LogP contribution in [-0.4, -0.2) is 5.78 Å². The molecule has 3 aliphatic rings. The summed E-state index contributed by atoms with van der Waals surface area (Å²) in [6.45, 7) is 2.25. The SMILES string of the molecule is CCCCCCCCC(=O)C1C=c2c(ccc3c2=CCc2ccccc2-3)C(C2=CC=CC=CN2)C1. The zero-order valence-electron chi connectivity index (χ0n) is 20.9. The van der Waals surface area contributed by atoms with Gasteiger partial charge in [0.15, 0.2) is 0 Å². The summed E-state index contributed by atoms with van der Waals surface area (Å²) in [7, 11) is 0. The van der Waals surface area contributed by atoms with Crippen molar-refractivity contribution in [2.24, 2.45) is 5.92 Å². The molecule has 35 heavy (non-hydrogen) atoms. The van der Waals surface area contributed by atoms with Gasteiger partial charge in [0.2, 0.25) is 0 Å².